The first-order valence-corrected chi connectivity index (χ1v) is 16.0. The number of anilines is 1. The summed E-state index contributed by atoms with van der Waals surface area (Å²) in [6.45, 7) is 10.2. The maximum atomic E-state index is 13.0. The average molecular weight is 580 g/mol. The Labute approximate surface area is 246 Å². The fourth-order valence-electron chi connectivity index (χ4n) is 5.70. The molecule has 214 valence electrons. The topological polar surface area (TPSA) is 71.5 Å². The van der Waals surface area contributed by atoms with Gasteiger partial charge in [-0.1, -0.05) is 45.3 Å². The van der Waals surface area contributed by atoms with Crippen molar-refractivity contribution in [1.82, 2.24) is 9.88 Å². The molecule has 5 rings (SSSR count). The van der Waals surface area contributed by atoms with Gasteiger partial charge in [-0.3, -0.25) is 4.79 Å². The van der Waals surface area contributed by atoms with Crippen LogP contribution in [0.5, 0.6) is 0 Å². The molecule has 1 saturated carbocycles. The van der Waals surface area contributed by atoms with Crippen molar-refractivity contribution < 1.29 is 14.3 Å². The van der Waals surface area contributed by atoms with Gasteiger partial charge in [-0.15, -0.1) is 22.7 Å². The predicted molar refractivity (Wildman–Crippen MR) is 167 cm³/mol. The molecule has 1 aromatic carbocycles. The van der Waals surface area contributed by atoms with Gasteiger partial charge < -0.3 is 15.0 Å². The van der Waals surface area contributed by atoms with Gasteiger partial charge in [0.05, 0.1) is 12.6 Å². The molecular formula is C32H41N3O3S2. The Morgan fingerprint density at radius 3 is 2.52 bits per heavy atom. The Balaban J connectivity index is 0.00000181. The van der Waals surface area contributed by atoms with Crippen LogP contribution < -0.4 is 5.32 Å². The second kappa shape index (κ2) is 13.7. The van der Waals surface area contributed by atoms with Gasteiger partial charge in [-0.2, -0.15) is 0 Å². The summed E-state index contributed by atoms with van der Waals surface area (Å²) in [4.78, 5) is 33.6. The number of hydrogen-bond donors (Lipinski definition) is 1. The fourth-order valence-corrected chi connectivity index (χ4v) is 7.33. The predicted octanol–water partition coefficient (Wildman–Crippen LogP) is 8.16. The minimum atomic E-state index is -0.280. The number of benzene rings is 1. The van der Waals surface area contributed by atoms with E-state index in [1.54, 1.807) is 16.5 Å². The Kier molecular flexibility index (Phi) is 10.3. The van der Waals surface area contributed by atoms with Crippen molar-refractivity contribution in [3.8, 4) is 10.4 Å². The number of thiazole rings is 1. The third-order valence-corrected chi connectivity index (χ3v) is 9.69. The van der Waals surface area contributed by atoms with E-state index >= 15 is 0 Å². The van der Waals surface area contributed by atoms with E-state index in [1.165, 1.54) is 61.0 Å². The molecular weight excluding hydrogens is 539 g/mol. The van der Waals surface area contributed by atoms with Crippen molar-refractivity contribution in [3.05, 3.63) is 62.4 Å². The van der Waals surface area contributed by atoms with Gasteiger partial charge in [0.25, 0.3) is 5.91 Å². The maximum Gasteiger partial charge on any atom is 0.348 e. The lowest BCUT2D eigenvalue weighted by molar-refractivity contribution is 0.0605. The normalized spacial score (nSPS) is 19.6. The third kappa shape index (κ3) is 6.73. The van der Waals surface area contributed by atoms with Crippen LogP contribution >= 0.6 is 22.7 Å². The fraction of sp³-hybridized carbons (Fsp3) is 0.469. The van der Waals surface area contributed by atoms with Crippen molar-refractivity contribution in [1.29, 1.82) is 0 Å². The van der Waals surface area contributed by atoms with Gasteiger partial charge in [0.2, 0.25) is 0 Å². The highest BCUT2D eigenvalue weighted by molar-refractivity contribution is 7.17. The van der Waals surface area contributed by atoms with Gasteiger partial charge in [0, 0.05) is 34.6 Å². The number of esters is 1. The number of methoxy groups -OCH3 is 1. The summed E-state index contributed by atoms with van der Waals surface area (Å²) in [5.41, 5.74) is 8.67. The van der Waals surface area contributed by atoms with Gasteiger partial charge in [0.1, 0.15) is 10.6 Å². The Hall–Kier alpha value is -2.81. The van der Waals surface area contributed by atoms with Crippen LogP contribution in [0.1, 0.15) is 84.2 Å². The van der Waals surface area contributed by atoms with E-state index in [0.29, 0.717) is 16.5 Å². The van der Waals surface area contributed by atoms with Crippen LogP contribution in [0.15, 0.2) is 40.7 Å². The van der Waals surface area contributed by atoms with Crippen LogP contribution in [0.4, 0.5) is 5.69 Å². The molecule has 1 fully saturated rings. The second-order valence-electron chi connectivity index (χ2n) is 10.7. The minimum Gasteiger partial charge on any atom is -0.465 e. The number of nitrogens with one attached hydrogen (secondary N) is 1. The number of rotatable bonds is 6. The van der Waals surface area contributed by atoms with Crippen LogP contribution in [0.25, 0.3) is 16.0 Å². The minimum absolute atomic E-state index is 0.216. The first-order chi connectivity index (χ1) is 19.3. The largest absolute Gasteiger partial charge is 0.465 e. The van der Waals surface area contributed by atoms with Crippen molar-refractivity contribution in [2.45, 2.75) is 59.8 Å². The first kappa shape index (κ1) is 30.2. The van der Waals surface area contributed by atoms with Crippen LogP contribution in [0.2, 0.25) is 0 Å². The number of thiophene rings is 1. The van der Waals surface area contributed by atoms with Gasteiger partial charge in [-0.25, -0.2) is 9.78 Å². The number of ether oxygens (including phenoxy) is 1. The van der Waals surface area contributed by atoms with E-state index in [1.807, 2.05) is 32.9 Å². The number of aryl methyl sites for hydroxylation is 1. The molecule has 0 atom stereocenters. The van der Waals surface area contributed by atoms with E-state index in [0.717, 1.165) is 52.7 Å². The molecule has 1 aliphatic heterocycles. The zero-order valence-electron chi connectivity index (χ0n) is 24.5. The van der Waals surface area contributed by atoms with Crippen molar-refractivity contribution in [2.75, 3.05) is 32.6 Å². The number of aromatic nitrogens is 1. The second-order valence-corrected chi connectivity index (χ2v) is 12.4. The van der Waals surface area contributed by atoms with Crippen LogP contribution in [0.3, 0.4) is 0 Å². The monoisotopic (exact) mass is 579 g/mol. The summed E-state index contributed by atoms with van der Waals surface area (Å²) in [7, 11) is 3.62. The first-order valence-electron chi connectivity index (χ1n) is 14.3. The number of carbonyl (C=O) groups excluding carboxylic acids is 2. The molecule has 3 heterocycles. The summed E-state index contributed by atoms with van der Waals surface area (Å²) < 4.78 is 5.24. The van der Waals surface area contributed by atoms with E-state index in [-0.39, 0.29) is 11.9 Å². The summed E-state index contributed by atoms with van der Waals surface area (Å²) in [6.07, 6.45) is 6.09. The molecule has 1 amide bonds. The van der Waals surface area contributed by atoms with Crippen LogP contribution in [-0.4, -0.2) is 49.0 Å². The zero-order chi connectivity index (χ0) is 28.8. The van der Waals surface area contributed by atoms with Crippen LogP contribution in [0, 0.1) is 18.8 Å². The number of likely N-dealkylation sites (N-methyl/N-ethyl adjacent to an activating group) is 1. The van der Waals surface area contributed by atoms with E-state index < -0.39 is 0 Å². The lowest BCUT2D eigenvalue weighted by Gasteiger charge is -2.35. The molecule has 0 spiro atoms. The lowest BCUT2D eigenvalue weighted by atomic mass is 9.75. The van der Waals surface area contributed by atoms with Crippen molar-refractivity contribution in [2.24, 2.45) is 11.8 Å². The smallest absolute Gasteiger partial charge is 0.348 e. The Morgan fingerprint density at radius 1 is 1.12 bits per heavy atom. The molecule has 8 heteroatoms. The average Bonchev–Trinajstić information content (AvgIpc) is 3.67. The molecule has 0 bridgehead atoms. The molecule has 1 N–H and O–H groups in total. The summed E-state index contributed by atoms with van der Waals surface area (Å²) >= 11 is 2.89. The summed E-state index contributed by atoms with van der Waals surface area (Å²) in [5.74, 6) is 0.910. The van der Waals surface area contributed by atoms with E-state index in [4.69, 9.17) is 4.74 Å². The van der Waals surface area contributed by atoms with Gasteiger partial charge in [-0.05, 0) is 80.0 Å². The molecule has 1 aliphatic carbocycles. The molecule has 0 radical (unpaired) electrons. The van der Waals surface area contributed by atoms with Crippen LogP contribution in [-0.2, 0) is 4.74 Å². The molecule has 6 nitrogen and oxygen atoms in total. The van der Waals surface area contributed by atoms with Gasteiger partial charge in [0.15, 0.2) is 0 Å². The van der Waals surface area contributed by atoms with Crippen molar-refractivity contribution >= 4 is 45.8 Å². The van der Waals surface area contributed by atoms with E-state index in [9.17, 15) is 9.59 Å². The lowest BCUT2D eigenvalue weighted by Crippen LogP contribution is -2.30. The zero-order valence-corrected chi connectivity index (χ0v) is 26.1. The number of hydrogen-bond acceptors (Lipinski definition) is 7. The quantitative estimate of drug-likeness (QED) is 0.298. The molecule has 3 aromatic rings. The van der Waals surface area contributed by atoms with Crippen molar-refractivity contribution in [3.63, 3.8) is 0 Å². The molecule has 0 saturated heterocycles. The molecule has 2 aromatic heterocycles. The number of carbonyl (C=O) groups is 2. The standard InChI is InChI=1S/C30H35N3O3S2.C2H6/c1-18-5-7-20(8-6-18)22-11-12-33(3)15-24(22)23-14-27(38-28(23)30(35)36-4)21-9-10-25(19(2)13-21)32-29(34)26-16-37-17-31-26;1-2/h9-10,13-14,16-18,20H,5-8,11-12,15H2,1-4H3,(H,32,34);1-2H3. The highest BCUT2D eigenvalue weighted by Crippen LogP contribution is 2.43. The Morgan fingerprint density at radius 2 is 1.88 bits per heavy atom. The number of amides is 1. The Bertz CT molecular complexity index is 1350. The summed E-state index contributed by atoms with van der Waals surface area (Å²) in [5, 5.41) is 4.69. The SMILES string of the molecule is CC.COC(=O)c1sc(-c2ccc(NC(=O)c3cscn3)c(C)c2)cc1C1=C(C2CCC(C)CC2)CCN(C)C1. The molecule has 2 aliphatic rings. The highest BCUT2D eigenvalue weighted by Gasteiger charge is 2.30. The molecule has 0 unspecified atom stereocenters. The maximum absolute atomic E-state index is 13.0. The van der Waals surface area contributed by atoms with Gasteiger partial charge >= 0.3 is 5.97 Å². The molecule has 40 heavy (non-hydrogen) atoms. The third-order valence-electron chi connectivity index (χ3n) is 7.94. The number of nitrogens with zero attached hydrogens (tertiary/aromatic N) is 2. The van der Waals surface area contributed by atoms with E-state index in [2.05, 4.69) is 41.3 Å². The summed E-state index contributed by atoms with van der Waals surface area (Å²) in [6, 6.07) is 8.18. The highest BCUT2D eigenvalue weighted by atomic mass is 32.1.